The zero-order chi connectivity index (χ0) is 23.1. The molecule has 0 aromatic carbocycles. The lowest BCUT2D eigenvalue weighted by molar-refractivity contribution is 0.100. The number of primary amides is 1. The summed E-state index contributed by atoms with van der Waals surface area (Å²) < 4.78 is 32.4. The average molecular weight is 485 g/mol. The molecule has 5 aromatic heterocycles. The number of aromatic nitrogens is 3. The van der Waals surface area contributed by atoms with Crippen molar-refractivity contribution in [2.45, 2.75) is 6.43 Å². The van der Waals surface area contributed by atoms with E-state index in [-0.39, 0.29) is 37.8 Å². The third-order valence-corrected chi connectivity index (χ3v) is 6.75. The minimum absolute atomic E-state index is 0.0286. The molecule has 0 aliphatic heterocycles. The Hall–Kier alpha value is -3.90. The Morgan fingerprint density at radius 3 is 2.73 bits per heavy atom. The smallest absolute Gasteiger partial charge is 0.280 e. The van der Waals surface area contributed by atoms with Crippen molar-refractivity contribution in [3.63, 3.8) is 0 Å². The first-order chi connectivity index (χ1) is 15.9. The van der Waals surface area contributed by atoms with Gasteiger partial charge in [0.05, 0.1) is 22.5 Å². The molecule has 4 N–H and O–H groups in total. The molecule has 0 saturated heterocycles. The molecule has 0 radical (unpaired) electrons. The summed E-state index contributed by atoms with van der Waals surface area (Å²) in [6.45, 7) is 0. The summed E-state index contributed by atoms with van der Waals surface area (Å²) in [5.41, 5.74) is 6.08. The third kappa shape index (κ3) is 3.79. The molecule has 5 heterocycles. The molecule has 0 fully saturated rings. The lowest BCUT2D eigenvalue weighted by Crippen LogP contribution is -2.17. The number of carbonyl (C=O) groups is 2. The number of rotatable bonds is 6. The largest absolute Gasteiger partial charge is 0.464 e. The van der Waals surface area contributed by atoms with Crippen LogP contribution >= 0.6 is 22.7 Å². The number of hydrogen-bond acceptors (Lipinski definition) is 7. The molecule has 0 atom stereocenters. The van der Waals surface area contributed by atoms with Crippen LogP contribution in [0.15, 0.2) is 52.5 Å². The van der Waals surface area contributed by atoms with E-state index in [1.54, 1.807) is 18.2 Å². The highest BCUT2D eigenvalue weighted by Gasteiger charge is 2.26. The van der Waals surface area contributed by atoms with Gasteiger partial charge in [-0.2, -0.15) is 5.10 Å². The minimum atomic E-state index is -2.85. The molecule has 0 saturated carbocycles. The number of aromatic amines is 1. The summed E-state index contributed by atoms with van der Waals surface area (Å²) in [5.74, 6) is -1.17. The fourth-order valence-corrected chi connectivity index (χ4v) is 5.03. The topological polar surface area (TPSA) is 127 Å². The number of carbonyl (C=O) groups excluding carboxylic acids is 2. The number of anilines is 1. The van der Waals surface area contributed by atoms with Crippen LogP contribution in [0.25, 0.3) is 32.1 Å². The number of amides is 2. The fourth-order valence-electron chi connectivity index (χ4n) is 3.32. The molecule has 5 aromatic rings. The van der Waals surface area contributed by atoms with Crippen LogP contribution in [0.3, 0.4) is 0 Å². The van der Waals surface area contributed by atoms with Crippen LogP contribution < -0.4 is 11.1 Å². The van der Waals surface area contributed by atoms with Crippen LogP contribution in [0.5, 0.6) is 0 Å². The highest BCUT2D eigenvalue weighted by atomic mass is 32.1. The molecular weight excluding hydrogens is 472 g/mol. The predicted octanol–water partition coefficient (Wildman–Crippen LogP) is 5.30. The number of nitrogens with one attached hydrogen (secondary N) is 2. The zero-order valence-corrected chi connectivity index (χ0v) is 18.1. The molecule has 0 bridgehead atoms. The average Bonchev–Trinajstić information content (AvgIpc) is 3.59. The van der Waals surface area contributed by atoms with Gasteiger partial charge in [0.15, 0.2) is 5.69 Å². The number of nitrogens with two attached hydrogens (primary N) is 1. The third-order valence-electron chi connectivity index (χ3n) is 4.75. The van der Waals surface area contributed by atoms with Crippen molar-refractivity contribution in [1.82, 2.24) is 15.2 Å². The number of thiophene rings is 2. The number of alkyl halides is 2. The maximum Gasteiger partial charge on any atom is 0.280 e. The fraction of sp³-hybridized carbons (Fsp3) is 0.0476. The molecule has 0 spiro atoms. The van der Waals surface area contributed by atoms with Gasteiger partial charge in [0.25, 0.3) is 18.2 Å². The molecule has 5 rings (SSSR count). The molecule has 0 aliphatic rings. The van der Waals surface area contributed by atoms with E-state index in [1.807, 2.05) is 17.5 Å². The second-order valence-electron chi connectivity index (χ2n) is 6.82. The quantitative estimate of drug-likeness (QED) is 0.301. The molecule has 8 nitrogen and oxygen atoms in total. The van der Waals surface area contributed by atoms with E-state index in [9.17, 15) is 18.4 Å². The summed E-state index contributed by atoms with van der Waals surface area (Å²) in [7, 11) is 0. The van der Waals surface area contributed by atoms with Gasteiger partial charge in [-0.25, -0.2) is 13.8 Å². The van der Waals surface area contributed by atoms with Crippen LogP contribution in [-0.4, -0.2) is 27.0 Å². The Morgan fingerprint density at radius 2 is 2.06 bits per heavy atom. The number of halogens is 2. The molecule has 0 unspecified atom stereocenters. The molecule has 0 aliphatic carbocycles. The summed E-state index contributed by atoms with van der Waals surface area (Å²) in [4.78, 5) is 30.1. The van der Waals surface area contributed by atoms with E-state index in [2.05, 4.69) is 20.5 Å². The van der Waals surface area contributed by atoms with Crippen molar-refractivity contribution in [3.8, 4) is 21.9 Å². The molecule has 2 amide bonds. The minimum Gasteiger partial charge on any atom is -0.464 e. The van der Waals surface area contributed by atoms with E-state index in [1.165, 1.54) is 23.7 Å². The van der Waals surface area contributed by atoms with Gasteiger partial charge in [0, 0.05) is 10.9 Å². The lowest BCUT2D eigenvalue weighted by Gasteiger charge is -2.08. The number of hydrogen-bond donors (Lipinski definition) is 3. The van der Waals surface area contributed by atoms with E-state index < -0.39 is 23.9 Å². The van der Waals surface area contributed by atoms with Crippen molar-refractivity contribution < 1.29 is 22.8 Å². The van der Waals surface area contributed by atoms with Crippen molar-refractivity contribution in [3.05, 3.63) is 64.3 Å². The second-order valence-corrected chi connectivity index (χ2v) is 8.77. The van der Waals surface area contributed by atoms with Crippen LogP contribution in [0.1, 0.15) is 32.3 Å². The highest BCUT2D eigenvalue weighted by Crippen LogP contribution is 2.42. The first-order valence-electron chi connectivity index (χ1n) is 9.42. The summed E-state index contributed by atoms with van der Waals surface area (Å²) in [6, 6.07) is 9.66. The van der Waals surface area contributed by atoms with E-state index in [0.29, 0.717) is 5.69 Å². The first kappa shape index (κ1) is 21.0. The lowest BCUT2D eigenvalue weighted by atomic mass is 10.1. The van der Waals surface area contributed by atoms with Crippen LogP contribution in [0.4, 0.5) is 14.5 Å². The summed E-state index contributed by atoms with van der Waals surface area (Å²) in [6.07, 6.45) is -1.46. The predicted molar refractivity (Wildman–Crippen MR) is 121 cm³/mol. The van der Waals surface area contributed by atoms with Gasteiger partial charge in [-0.15, -0.1) is 22.7 Å². The van der Waals surface area contributed by atoms with Crippen LogP contribution in [0, 0.1) is 0 Å². The van der Waals surface area contributed by atoms with Crippen molar-refractivity contribution in [2.75, 3.05) is 5.32 Å². The van der Waals surface area contributed by atoms with Gasteiger partial charge < -0.3 is 15.5 Å². The Labute approximate surface area is 192 Å². The zero-order valence-electron chi connectivity index (χ0n) is 16.5. The second kappa shape index (κ2) is 8.22. The number of H-pyrrole nitrogens is 1. The van der Waals surface area contributed by atoms with Crippen molar-refractivity contribution >= 4 is 50.4 Å². The normalized spacial score (nSPS) is 11.4. The molecular formula is C21H13F2N5O3S2. The Kier molecular flexibility index (Phi) is 5.23. The Bertz CT molecular complexity index is 1470. The van der Waals surface area contributed by atoms with E-state index in [4.69, 9.17) is 10.2 Å². The van der Waals surface area contributed by atoms with Gasteiger partial charge in [-0.3, -0.25) is 14.7 Å². The Morgan fingerprint density at radius 1 is 1.21 bits per heavy atom. The van der Waals surface area contributed by atoms with Crippen LogP contribution in [-0.2, 0) is 0 Å². The van der Waals surface area contributed by atoms with Gasteiger partial charge >= 0.3 is 0 Å². The molecule has 33 heavy (non-hydrogen) atoms. The SMILES string of the molecule is NC(=O)c1sc2nc(C(F)F)cc(-c3ccco3)c2c1NC(=O)c1cc(-c2cccs2)[nH]n1. The standard InChI is InChI=1S/C21H13F2N5O3S2/c22-18(23)11-7-9(13-3-1-5-31-13)15-16(17(19(24)29)33-21(15)25-11)26-20(30)12-8-10(27-28-12)14-4-2-6-32-14/h1-8,18H,(H2,24,29)(H,26,30)(H,27,28). The van der Waals surface area contributed by atoms with Gasteiger partial charge in [0.1, 0.15) is 21.2 Å². The Balaban J connectivity index is 1.63. The molecule has 166 valence electrons. The first-order valence-corrected chi connectivity index (χ1v) is 11.1. The van der Waals surface area contributed by atoms with Crippen molar-refractivity contribution in [1.29, 1.82) is 0 Å². The van der Waals surface area contributed by atoms with Gasteiger partial charge in [0.2, 0.25) is 0 Å². The summed E-state index contributed by atoms with van der Waals surface area (Å²) in [5, 5.41) is 11.7. The number of fused-ring (bicyclic) bond motifs is 1. The van der Waals surface area contributed by atoms with Gasteiger partial charge in [-0.1, -0.05) is 6.07 Å². The highest BCUT2D eigenvalue weighted by molar-refractivity contribution is 7.21. The monoisotopic (exact) mass is 485 g/mol. The number of pyridine rings is 1. The maximum atomic E-state index is 13.5. The van der Waals surface area contributed by atoms with E-state index >= 15 is 0 Å². The number of nitrogens with zero attached hydrogens (tertiary/aromatic N) is 2. The van der Waals surface area contributed by atoms with Crippen molar-refractivity contribution in [2.24, 2.45) is 5.73 Å². The molecule has 12 heteroatoms. The van der Waals surface area contributed by atoms with Crippen LogP contribution in [0.2, 0.25) is 0 Å². The summed E-state index contributed by atoms with van der Waals surface area (Å²) >= 11 is 2.29. The van der Waals surface area contributed by atoms with E-state index in [0.717, 1.165) is 16.2 Å². The maximum absolute atomic E-state index is 13.5. The van der Waals surface area contributed by atoms with Gasteiger partial charge in [-0.05, 0) is 35.7 Å². The number of furan rings is 1.